The molecule has 0 N–H and O–H groups in total. The molecule has 1 fully saturated rings. The molecule has 0 spiro atoms. The fourth-order valence-electron chi connectivity index (χ4n) is 0.868. The van der Waals surface area contributed by atoms with E-state index in [0.717, 1.165) is 19.6 Å². The molecule has 0 saturated carbocycles. The fourth-order valence-corrected chi connectivity index (χ4v) is 0.868. The highest BCUT2D eigenvalue weighted by Crippen LogP contribution is 2.07. The molecule has 2 unspecified atom stereocenters. The topological polar surface area (TPSA) is 18.5 Å². The van der Waals surface area contributed by atoms with Crippen LogP contribution in [0.1, 0.15) is 20.3 Å². The molecule has 1 heterocycles. The summed E-state index contributed by atoms with van der Waals surface area (Å²) >= 11 is 0. The van der Waals surface area contributed by atoms with Crippen molar-refractivity contribution in [3.8, 4) is 0 Å². The Labute approximate surface area is 56.2 Å². The van der Waals surface area contributed by atoms with Crippen LogP contribution < -0.4 is 0 Å². The summed E-state index contributed by atoms with van der Waals surface area (Å²) in [5, 5.41) is 0. The van der Waals surface area contributed by atoms with Gasteiger partial charge in [-0.25, -0.2) is 0 Å². The summed E-state index contributed by atoms with van der Waals surface area (Å²) in [6.45, 7) is 5.81. The summed E-state index contributed by atoms with van der Waals surface area (Å²) < 4.78 is 10.8. The third-order valence-electron chi connectivity index (χ3n) is 1.71. The van der Waals surface area contributed by atoms with Gasteiger partial charge in [0.15, 0.2) is 0 Å². The molecule has 0 aromatic carbocycles. The van der Waals surface area contributed by atoms with Gasteiger partial charge in [0.2, 0.25) is 0 Å². The molecule has 2 heteroatoms. The largest absolute Gasteiger partial charge is 0.376 e. The molecular weight excluding hydrogens is 116 g/mol. The predicted molar refractivity (Wildman–Crippen MR) is 35.4 cm³/mol. The minimum atomic E-state index is 0.271. The lowest BCUT2D eigenvalue weighted by molar-refractivity contribution is -0.0157. The van der Waals surface area contributed by atoms with Crippen molar-refractivity contribution in [2.24, 2.45) is 0 Å². The smallest absolute Gasteiger partial charge is 0.0805 e. The van der Waals surface area contributed by atoms with Gasteiger partial charge in [0, 0.05) is 13.2 Å². The normalized spacial score (nSPS) is 38.0. The van der Waals surface area contributed by atoms with Gasteiger partial charge in [0.25, 0.3) is 0 Å². The Balaban J connectivity index is 2.32. The average Bonchev–Trinajstić information content (AvgIpc) is 1.99. The second-order valence-corrected chi connectivity index (χ2v) is 2.51. The van der Waals surface area contributed by atoms with Crippen LogP contribution in [0.15, 0.2) is 0 Å². The first-order valence-corrected chi connectivity index (χ1v) is 3.54. The summed E-state index contributed by atoms with van der Waals surface area (Å²) in [5.74, 6) is 0. The molecule has 0 aromatic rings. The third kappa shape index (κ3) is 1.95. The van der Waals surface area contributed by atoms with Gasteiger partial charge in [-0.2, -0.15) is 0 Å². The van der Waals surface area contributed by atoms with Crippen LogP contribution in [-0.4, -0.2) is 25.4 Å². The lowest BCUT2D eigenvalue weighted by atomic mass is 10.3. The van der Waals surface area contributed by atoms with Crippen LogP contribution in [0.2, 0.25) is 0 Å². The van der Waals surface area contributed by atoms with E-state index in [9.17, 15) is 0 Å². The van der Waals surface area contributed by atoms with E-state index < -0.39 is 0 Å². The summed E-state index contributed by atoms with van der Waals surface area (Å²) in [4.78, 5) is 0. The van der Waals surface area contributed by atoms with E-state index >= 15 is 0 Å². The van der Waals surface area contributed by atoms with Crippen LogP contribution in [0.3, 0.4) is 0 Å². The zero-order valence-electron chi connectivity index (χ0n) is 6.09. The van der Waals surface area contributed by atoms with Crippen LogP contribution in [0, 0.1) is 0 Å². The monoisotopic (exact) mass is 130 g/mol. The first kappa shape index (κ1) is 7.03. The second-order valence-electron chi connectivity index (χ2n) is 2.51. The lowest BCUT2D eigenvalue weighted by Crippen LogP contribution is -2.23. The number of hydrogen-bond acceptors (Lipinski definition) is 2. The maximum Gasteiger partial charge on any atom is 0.0805 e. The van der Waals surface area contributed by atoms with E-state index in [-0.39, 0.29) is 12.2 Å². The Kier molecular flexibility index (Phi) is 2.49. The lowest BCUT2D eigenvalue weighted by Gasteiger charge is -2.15. The van der Waals surface area contributed by atoms with Gasteiger partial charge >= 0.3 is 0 Å². The van der Waals surface area contributed by atoms with Gasteiger partial charge in [-0.05, 0) is 20.3 Å². The molecule has 1 aliphatic heterocycles. The van der Waals surface area contributed by atoms with Gasteiger partial charge < -0.3 is 9.47 Å². The van der Waals surface area contributed by atoms with Crippen molar-refractivity contribution in [1.29, 1.82) is 0 Å². The van der Waals surface area contributed by atoms with Crippen molar-refractivity contribution in [2.45, 2.75) is 32.5 Å². The molecule has 0 bridgehead atoms. The Bertz CT molecular complexity index is 73.0. The van der Waals surface area contributed by atoms with Crippen molar-refractivity contribution >= 4 is 0 Å². The number of ether oxygens (including phenoxy) is 2. The molecule has 1 saturated heterocycles. The second kappa shape index (κ2) is 3.18. The van der Waals surface area contributed by atoms with Gasteiger partial charge in [0.1, 0.15) is 0 Å². The molecule has 1 aliphatic rings. The van der Waals surface area contributed by atoms with Crippen LogP contribution in [-0.2, 0) is 9.47 Å². The van der Waals surface area contributed by atoms with Gasteiger partial charge in [-0.1, -0.05) is 0 Å². The van der Waals surface area contributed by atoms with Crippen molar-refractivity contribution in [3.05, 3.63) is 0 Å². The highest BCUT2D eigenvalue weighted by molar-refractivity contribution is 4.62. The summed E-state index contributed by atoms with van der Waals surface area (Å²) in [6, 6.07) is 0. The fraction of sp³-hybridized carbons (Fsp3) is 1.00. The molecular formula is C7H14O2. The van der Waals surface area contributed by atoms with E-state index in [0.29, 0.717) is 0 Å². The highest BCUT2D eigenvalue weighted by Gasteiger charge is 2.15. The molecule has 2 atom stereocenters. The Morgan fingerprint density at radius 3 is 1.89 bits per heavy atom. The van der Waals surface area contributed by atoms with Crippen LogP contribution in [0.5, 0.6) is 0 Å². The molecule has 0 amide bonds. The van der Waals surface area contributed by atoms with E-state index in [1.165, 1.54) is 0 Å². The molecule has 0 aliphatic carbocycles. The summed E-state index contributed by atoms with van der Waals surface area (Å²) in [7, 11) is 0. The maximum atomic E-state index is 5.39. The predicted octanol–water partition coefficient (Wildman–Crippen LogP) is 1.20. The standard InChI is InChI=1S/C7H14O2/c1-6-7(2)9-5-3-4-8-6/h6-7H,3-5H2,1-2H3. The van der Waals surface area contributed by atoms with Gasteiger partial charge in [-0.3, -0.25) is 0 Å². The maximum absolute atomic E-state index is 5.39. The van der Waals surface area contributed by atoms with E-state index in [2.05, 4.69) is 13.8 Å². The molecule has 54 valence electrons. The minimum Gasteiger partial charge on any atom is -0.376 e. The van der Waals surface area contributed by atoms with Crippen LogP contribution in [0.4, 0.5) is 0 Å². The quantitative estimate of drug-likeness (QED) is 0.490. The van der Waals surface area contributed by atoms with Crippen molar-refractivity contribution in [3.63, 3.8) is 0 Å². The van der Waals surface area contributed by atoms with Crippen molar-refractivity contribution in [2.75, 3.05) is 13.2 Å². The van der Waals surface area contributed by atoms with Crippen molar-refractivity contribution < 1.29 is 9.47 Å². The molecule has 0 radical (unpaired) electrons. The zero-order chi connectivity index (χ0) is 6.69. The van der Waals surface area contributed by atoms with Gasteiger partial charge in [-0.15, -0.1) is 0 Å². The van der Waals surface area contributed by atoms with E-state index in [1.54, 1.807) is 0 Å². The Hall–Kier alpha value is -0.0800. The molecule has 2 nitrogen and oxygen atoms in total. The van der Waals surface area contributed by atoms with E-state index in [4.69, 9.17) is 9.47 Å². The first-order chi connectivity index (χ1) is 4.30. The van der Waals surface area contributed by atoms with Gasteiger partial charge in [0.05, 0.1) is 12.2 Å². The highest BCUT2D eigenvalue weighted by atomic mass is 16.5. The average molecular weight is 130 g/mol. The molecule has 9 heavy (non-hydrogen) atoms. The SMILES string of the molecule is CC1OCCCOC1C. The Morgan fingerprint density at radius 2 is 1.44 bits per heavy atom. The number of hydrogen-bond donors (Lipinski definition) is 0. The molecule has 0 aromatic heterocycles. The summed E-state index contributed by atoms with van der Waals surface area (Å²) in [6.07, 6.45) is 1.58. The minimum absolute atomic E-state index is 0.271. The number of rotatable bonds is 0. The summed E-state index contributed by atoms with van der Waals surface area (Å²) in [5.41, 5.74) is 0. The van der Waals surface area contributed by atoms with Crippen LogP contribution in [0.25, 0.3) is 0 Å². The third-order valence-corrected chi connectivity index (χ3v) is 1.71. The van der Waals surface area contributed by atoms with Crippen molar-refractivity contribution in [1.82, 2.24) is 0 Å². The van der Waals surface area contributed by atoms with Crippen LogP contribution >= 0.6 is 0 Å². The molecule has 1 rings (SSSR count). The zero-order valence-corrected chi connectivity index (χ0v) is 6.09. The Morgan fingerprint density at radius 1 is 1.00 bits per heavy atom. The first-order valence-electron chi connectivity index (χ1n) is 3.54. The van der Waals surface area contributed by atoms with E-state index in [1.807, 2.05) is 0 Å².